The maximum absolute atomic E-state index is 9.52. The van der Waals surface area contributed by atoms with Gasteiger partial charge in [0.25, 0.3) is 0 Å². The quantitative estimate of drug-likeness (QED) is 0.885. The number of halogens is 1. The van der Waals surface area contributed by atoms with E-state index in [0.29, 0.717) is 10.4 Å². The Kier molecular flexibility index (Phi) is 3.72. The number of benzene rings is 1. The van der Waals surface area contributed by atoms with Gasteiger partial charge in [0, 0.05) is 29.4 Å². The maximum Gasteiger partial charge on any atom is 0.0716 e. The molecule has 2 nitrogen and oxygen atoms in total. The third-order valence-corrected chi connectivity index (χ3v) is 5.44. The molecule has 1 heterocycles. The molecule has 0 atom stereocenters. The fourth-order valence-electron chi connectivity index (χ4n) is 3.85. The molecule has 1 aromatic rings. The lowest BCUT2D eigenvalue weighted by Gasteiger charge is -2.41. The molecule has 1 aliphatic carbocycles. The first-order chi connectivity index (χ1) is 9.24. The van der Waals surface area contributed by atoms with Crippen LogP contribution >= 0.6 is 11.6 Å². The van der Waals surface area contributed by atoms with Crippen LogP contribution in [0.15, 0.2) is 18.2 Å². The number of rotatable bonds is 2. The fraction of sp³-hybridized carbons (Fsp3) is 0.625. The van der Waals surface area contributed by atoms with Crippen LogP contribution in [0, 0.1) is 5.41 Å². The van der Waals surface area contributed by atoms with Gasteiger partial charge in [0.2, 0.25) is 0 Å². The summed E-state index contributed by atoms with van der Waals surface area (Å²) in [5, 5.41) is 10.2. The molecule has 3 heteroatoms. The first-order valence-electron chi connectivity index (χ1n) is 7.37. The Morgan fingerprint density at radius 2 is 1.79 bits per heavy atom. The molecular weight excluding hydrogens is 258 g/mol. The summed E-state index contributed by atoms with van der Waals surface area (Å²) in [6.45, 7) is 2.23. The molecule has 2 fully saturated rings. The third-order valence-electron chi connectivity index (χ3n) is 5.08. The summed E-state index contributed by atoms with van der Waals surface area (Å²) in [5.74, 6) is 0. The van der Waals surface area contributed by atoms with Crippen LogP contribution in [0.1, 0.15) is 44.1 Å². The summed E-state index contributed by atoms with van der Waals surface area (Å²) in [6, 6.07) is 5.93. The monoisotopic (exact) mass is 279 g/mol. The molecule has 104 valence electrons. The van der Waals surface area contributed by atoms with Crippen molar-refractivity contribution in [3.63, 3.8) is 0 Å². The van der Waals surface area contributed by atoms with Crippen molar-refractivity contribution in [3.05, 3.63) is 28.8 Å². The highest BCUT2D eigenvalue weighted by atomic mass is 35.5. The second kappa shape index (κ2) is 5.34. The molecular formula is C16H22ClNO. The Bertz CT molecular complexity index is 444. The maximum atomic E-state index is 9.52. The molecule has 1 saturated carbocycles. The summed E-state index contributed by atoms with van der Waals surface area (Å²) >= 11 is 6.18. The number of hydrogen-bond acceptors (Lipinski definition) is 2. The molecule has 19 heavy (non-hydrogen) atoms. The lowest BCUT2D eigenvalue weighted by molar-refractivity contribution is 0.226. The van der Waals surface area contributed by atoms with E-state index in [4.69, 9.17) is 11.6 Å². The van der Waals surface area contributed by atoms with Crippen LogP contribution in [0.5, 0.6) is 0 Å². The average molecular weight is 280 g/mol. The van der Waals surface area contributed by atoms with E-state index in [2.05, 4.69) is 11.0 Å². The predicted molar refractivity (Wildman–Crippen MR) is 79.7 cm³/mol. The number of aliphatic hydroxyl groups excluding tert-OH is 1. The molecule has 1 aromatic carbocycles. The van der Waals surface area contributed by atoms with Crippen molar-refractivity contribution in [2.45, 2.75) is 45.1 Å². The zero-order chi connectivity index (χ0) is 13.3. The molecule has 0 radical (unpaired) electrons. The SMILES string of the molecule is OCc1c(Cl)cccc1N1CCC2(CCCC2)CC1. The number of anilines is 1. The first kappa shape index (κ1) is 13.3. The van der Waals surface area contributed by atoms with Gasteiger partial charge in [0.1, 0.15) is 0 Å². The molecule has 1 aliphatic heterocycles. The molecule has 3 rings (SSSR count). The highest BCUT2D eigenvalue weighted by Crippen LogP contribution is 2.47. The predicted octanol–water partition coefficient (Wildman–Crippen LogP) is 3.99. The van der Waals surface area contributed by atoms with Crippen molar-refractivity contribution in [2.75, 3.05) is 18.0 Å². The molecule has 1 saturated heterocycles. The lowest BCUT2D eigenvalue weighted by Crippen LogP contribution is -2.39. The van der Waals surface area contributed by atoms with Crippen molar-refractivity contribution >= 4 is 17.3 Å². The number of piperidine rings is 1. The van der Waals surface area contributed by atoms with Gasteiger partial charge in [-0.25, -0.2) is 0 Å². The van der Waals surface area contributed by atoms with Crippen LogP contribution in [0.4, 0.5) is 5.69 Å². The van der Waals surface area contributed by atoms with Gasteiger partial charge < -0.3 is 10.0 Å². The van der Waals surface area contributed by atoms with Crippen LogP contribution in [0.25, 0.3) is 0 Å². The topological polar surface area (TPSA) is 23.5 Å². The van der Waals surface area contributed by atoms with Gasteiger partial charge in [-0.2, -0.15) is 0 Å². The zero-order valence-corrected chi connectivity index (χ0v) is 12.1. The minimum absolute atomic E-state index is 0.0245. The third kappa shape index (κ3) is 2.48. The molecule has 1 spiro atoms. The van der Waals surface area contributed by atoms with E-state index in [1.165, 1.54) is 38.5 Å². The van der Waals surface area contributed by atoms with Crippen molar-refractivity contribution in [1.82, 2.24) is 0 Å². The van der Waals surface area contributed by atoms with Gasteiger partial charge in [-0.3, -0.25) is 0 Å². The van der Waals surface area contributed by atoms with E-state index in [1.54, 1.807) is 0 Å². The van der Waals surface area contributed by atoms with Crippen LogP contribution in [0.3, 0.4) is 0 Å². The van der Waals surface area contributed by atoms with E-state index >= 15 is 0 Å². The van der Waals surface area contributed by atoms with Gasteiger partial charge in [-0.05, 0) is 43.2 Å². The lowest BCUT2D eigenvalue weighted by atomic mass is 9.77. The van der Waals surface area contributed by atoms with Gasteiger partial charge in [-0.1, -0.05) is 30.5 Å². The summed E-state index contributed by atoms with van der Waals surface area (Å²) in [5.41, 5.74) is 2.64. The molecule has 0 bridgehead atoms. The smallest absolute Gasteiger partial charge is 0.0716 e. The second-order valence-electron chi connectivity index (χ2n) is 6.09. The van der Waals surface area contributed by atoms with Crippen molar-refractivity contribution in [1.29, 1.82) is 0 Å². The van der Waals surface area contributed by atoms with Crippen LogP contribution in [0.2, 0.25) is 5.02 Å². The number of nitrogens with zero attached hydrogens (tertiary/aromatic N) is 1. The summed E-state index contributed by atoms with van der Waals surface area (Å²) in [4.78, 5) is 2.40. The molecule has 0 aromatic heterocycles. The summed E-state index contributed by atoms with van der Waals surface area (Å²) < 4.78 is 0. The highest BCUT2D eigenvalue weighted by molar-refractivity contribution is 6.31. The van der Waals surface area contributed by atoms with E-state index in [1.807, 2.05) is 12.1 Å². The van der Waals surface area contributed by atoms with Crippen molar-refractivity contribution < 1.29 is 5.11 Å². The van der Waals surface area contributed by atoms with Gasteiger partial charge in [-0.15, -0.1) is 0 Å². The normalized spacial score (nSPS) is 22.1. The highest BCUT2D eigenvalue weighted by Gasteiger charge is 2.37. The van der Waals surface area contributed by atoms with Gasteiger partial charge in [0.15, 0.2) is 0 Å². The van der Waals surface area contributed by atoms with Crippen LogP contribution in [-0.2, 0) is 6.61 Å². The summed E-state index contributed by atoms with van der Waals surface area (Å²) in [7, 11) is 0. The minimum atomic E-state index is 0.0245. The number of aliphatic hydroxyl groups is 1. The average Bonchev–Trinajstić information content (AvgIpc) is 2.88. The van der Waals surface area contributed by atoms with Crippen LogP contribution in [-0.4, -0.2) is 18.2 Å². The number of hydrogen-bond donors (Lipinski definition) is 1. The van der Waals surface area contributed by atoms with E-state index in [0.717, 1.165) is 24.3 Å². The van der Waals surface area contributed by atoms with Gasteiger partial charge >= 0.3 is 0 Å². The van der Waals surface area contributed by atoms with E-state index in [9.17, 15) is 5.11 Å². The van der Waals surface area contributed by atoms with E-state index < -0.39 is 0 Å². The zero-order valence-electron chi connectivity index (χ0n) is 11.4. The van der Waals surface area contributed by atoms with Crippen molar-refractivity contribution in [3.8, 4) is 0 Å². The minimum Gasteiger partial charge on any atom is -0.392 e. The van der Waals surface area contributed by atoms with Gasteiger partial charge in [0.05, 0.1) is 6.61 Å². The summed E-state index contributed by atoms with van der Waals surface area (Å²) in [6.07, 6.45) is 8.26. The van der Waals surface area contributed by atoms with E-state index in [-0.39, 0.29) is 6.61 Å². The van der Waals surface area contributed by atoms with Crippen LogP contribution < -0.4 is 4.90 Å². The fourth-order valence-corrected chi connectivity index (χ4v) is 4.08. The Balaban J connectivity index is 1.76. The Morgan fingerprint density at radius 3 is 2.42 bits per heavy atom. The molecule has 0 unspecified atom stereocenters. The molecule has 1 N–H and O–H groups in total. The molecule has 2 aliphatic rings. The van der Waals surface area contributed by atoms with Crippen molar-refractivity contribution in [2.24, 2.45) is 5.41 Å². The standard InChI is InChI=1S/C16H22ClNO/c17-14-4-3-5-15(13(14)12-19)18-10-8-16(9-11-18)6-1-2-7-16/h3-5,19H,1-2,6-12H2. The Morgan fingerprint density at radius 1 is 1.11 bits per heavy atom. The second-order valence-corrected chi connectivity index (χ2v) is 6.50. The Hall–Kier alpha value is -0.730. The molecule has 0 amide bonds. The first-order valence-corrected chi connectivity index (χ1v) is 7.75. The largest absolute Gasteiger partial charge is 0.392 e. The Labute approximate surface area is 120 Å².